The minimum atomic E-state index is -0.0307. The van der Waals surface area contributed by atoms with Crippen LogP contribution in [0.15, 0.2) is 71.1 Å². The summed E-state index contributed by atoms with van der Waals surface area (Å²) in [6, 6.07) is 21.8. The second-order valence-corrected chi connectivity index (χ2v) is 9.87. The highest BCUT2D eigenvalue weighted by molar-refractivity contribution is 6.19. The predicted molar refractivity (Wildman–Crippen MR) is 145 cm³/mol. The number of benzene rings is 4. The molecule has 0 spiro atoms. The van der Waals surface area contributed by atoms with Crippen LogP contribution in [0.4, 0.5) is 0 Å². The topological polar surface area (TPSA) is 89.5 Å². The summed E-state index contributed by atoms with van der Waals surface area (Å²) in [5.41, 5.74) is 9.78. The highest BCUT2D eigenvalue weighted by Crippen LogP contribution is 2.47. The van der Waals surface area contributed by atoms with Gasteiger partial charge in [-0.2, -0.15) is 4.98 Å². The second-order valence-electron chi connectivity index (χ2n) is 9.87. The molecule has 2 aliphatic rings. The van der Waals surface area contributed by atoms with Gasteiger partial charge in [0, 0.05) is 34.9 Å². The molecule has 3 heterocycles. The van der Waals surface area contributed by atoms with Gasteiger partial charge in [-0.3, -0.25) is 4.79 Å². The van der Waals surface area contributed by atoms with Gasteiger partial charge in [-0.1, -0.05) is 36.4 Å². The molecule has 0 saturated carbocycles. The zero-order valence-corrected chi connectivity index (χ0v) is 20.5. The Kier molecular flexibility index (Phi) is 4.48. The summed E-state index contributed by atoms with van der Waals surface area (Å²) in [5, 5.41) is 15.3. The number of fused-ring (bicyclic) bond motifs is 11. The Bertz CT molecular complexity index is 1920. The average molecular weight is 502 g/mol. The van der Waals surface area contributed by atoms with Crippen molar-refractivity contribution in [2.24, 2.45) is 0 Å². The molecule has 1 amide bonds. The number of carbonyl (C=O) groups excluding carboxylic acids is 1. The fraction of sp³-hybridized carbons (Fsp3) is 0.161. The SMILES string of the molecule is O=C1NCc2c1c1c(c3c2c2ccccc2n3CCO)CCc2cc(Oc3nc4ccccc4o3)ccc2-1. The van der Waals surface area contributed by atoms with Crippen molar-refractivity contribution in [2.45, 2.75) is 25.9 Å². The van der Waals surface area contributed by atoms with E-state index in [1.165, 1.54) is 5.56 Å². The number of hydrogen-bond acceptors (Lipinski definition) is 5. The van der Waals surface area contributed by atoms with Crippen LogP contribution in [0.3, 0.4) is 0 Å². The Balaban J connectivity index is 1.33. The molecule has 0 radical (unpaired) electrons. The van der Waals surface area contributed by atoms with Crippen molar-refractivity contribution in [1.82, 2.24) is 14.9 Å². The van der Waals surface area contributed by atoms with Crippen LogP contribution < -0.4 is 10.1 Å². The maximum Gasteiger partial charge on any atom is 0.400 e. The summed E-state index contributed by atoms with van der Waals surface area (Å²) in [4.78, 5) is 17.7. The van der Waals surface area contributed by atoms with Crippen molar-refractivity contribution in [1.29, 1.82) is 0 Å². The third-order valence-corrected chi connectivity index (χ3v) is 7.86. The molecular formula is C31H23N3O4. The van der Waals surface area contributed by atoms with Crippen molar-refractivity contribution in [3.05, 3.63) is 89.0 Å². The Labute approximate surface area is 217 Å². The van der Waals surface area contributed by atoms with Gasteiger partial charge in [0.15, 0.2) is 5.58 Å². The number of amides is 1. The van der Waals surface area contributed by atoms with Crippen LogP contribution in [0.25, 0.3) is 44.0 Å². The van der Waals surface area contributed by atoms with Crippen molar-refractivity contribution < 1.29 is 19.1 Å². The van der Waals surface area contributed by atoms with E-state index in [1.807, 2.05) is 54.6 Å². The number of rotatable bonds is 4. The summed E-state index contributed by atoms with van der Waals surface area (Å²) in [7, 11) is 0. The first-order chi connectivity index (χ1) is 18.7. The number of nitrogens with zero attached hydrogens (tertiary/aromatic N) is 2. The quantitative estimate of drug-likeness (QED) is 0.322. The zero-order valence-electron chi connectivity index (χ0n) is 20.5. The predicted octanol–water partition coefficient (Wildman–Crippen LogP) is 5.73. The van der Waals surface area contributed by atoms with Crippen LogP contribution in [0.5, 0.6) is 11.8 Å². The molecule has 38 heavy (non-hydrogen) atoms. The van der Waals surface area contributed by atoms with Crippen LogP contribution in [0, 0.1) is 0 Å². The molecule has 1 aliphatic heterocycles. The number of carbonyl (C=O) groups is 1. The van der Waals surface area contributed by atoms with Gasteiger partial charge in [0.05, 0.1) is 17.7 Å². The first kappa shape index (κ1) is 21.5. The Hall–Kier alpha value is -4.62. The molecule has 0 fully saturated rings. The van der Waals surface area contributed by atoms with Crippen LogP contribution in [-0.4, -0.2) is 27.2 Å². The number of aliphatic hydroxyl groups excluding tert-OH is 1. The lowest BCUT2D eigenvalue weighted by molar-refractivity contribution is 0.0966. The second kappa shape index (κ2) is 7.94. The van der Waals surface area contributed by atoms with E-state index in [0.29, 0.717) is 24.4 Å². The number of oxazole rings is 1. The van der Waals surface area contributed by atoms with Gasteiger partial charge in [-0.25, -0.2) is 0 Å². The first-order valence-corrected chi connectivity index (χ1v) is 12.9. The highest BCUT2D eigenvalue weighted by atomic mass is 16.6. The third-order valence-electron chi connectivity index (χ3n) is 7.86. The fourth-order valence-corrected chi connectivity index (χ4v) is 6.36. The number of aliphatic hydroxyl groups is 1. The maximum atomic E-state index is 13.2. The van der Waals surface area contributed by atoms with Crippen LogP contribution in [0.1, 0.15) is 27.0 Å². The zero-order chi connectivity index (χ0) is 25.4. The molecule has 0 bridgehead atoms. The standard InChI is InChI=1S/C31H23N3O4/c35-14-13-34-24-7-3-1-5-20(24)27-22-16-32-30(36)28(22)26-19-12-10-18(15-17(19)9-11-21(26)29(27)34)37-31-33-23-6-2-4-8-25(23)38-31/h1-8,10,12,15,35H,9,11,13-14,16H2,(H,32,36). The molecule has 2 N–H and O–H groups in total. The number of hydrogen-bond donors (Lipinski definition) is 2. The third kappa shape index (κ3) is 2.93. The Morgan fingerprint density at radius 1 is 1.00 bits per heavy atom. The molecule has 0 atom stereocenters. The number of nitrogens with one attached hydrogen (secondary N) is 1. The summed E-state index contributed by atoms with van der Waals surface area (Å²) < 4.78 is 14.0. The molecule has 2 aromatic heterocycles. The van der Waals surface area contributed by atoms with E-state index in [9.17, 15) is 9.90 Å². The molecule has 1 aliphatic carbocycles. The summed E-state index contributed by atoms with van der Waals surface area (Å²) in [6.07, 6.45) is 1.80. The summed E-state index contributed by atoms with van der Waals surface area (Å²) in [6.45, 7) is 1.05. The minimum absolute atomic E-state index is 0.0307. The largest absolute Gasteiger partial charge is 0.411 e. The number of para-hydroxylation sites is 3. The summed E-state index contributed by atoms with van der Waals surface area (Å²) >= 11 is 0. The number of ether oxygens (including phenoxy) is 1. The van der Waals surface area contributed by atoms with Crippen molar-refractivity contribution >= 4 is 38.8 Å². The molecule has 7 heteroatoms. The van der Waals surface area contributed by atoms with Crippen LogP contribution in [0.2, 0.25) is 0 Å². The first-order valence-electron chi connectivity index (χ1n) is 12.9. The molecule has 0 unspecified atom stereocenters. The summed E-state index contributed by atoms with van der Waals surface area (Å²) in [5.74, 6) is 0.618. The lowest BCUT2D eigenvalue weighted by Gasteiger charge is -2.25. The molecular weight excluding hydrogens is 478 g/mol. The molecule has 186 valence electrons. The van der Waals surface area contributed by atoms with Gasteiger partial charge in [0.25, 0.3) is 5.91 Å². The van der Waals surface area contributed by atoms with E-state index in [4.69, 9.17) is 9.15 Å². The van der Waals surface area contributed by atoms with Crippen molar-refractivity contribution in [3.63, 3.8) is 0 Å². The van der Waals surface area contributed by atoms with E-state index in [-0.39, 0.29) is 18.6 Å². The Morgan fingerprint density at radius 3 is 2.76 bits per heavy atom. The van der Waals surface area contributed by atoms with Gasteiger partial charge in [0.2, 0.25) is 0 Å². The number of aryl methyl sites for hydroxylation is 2. The molecule has 0 saturated heterocycles. The lowest BCUT2D eigenvalue weighted by Crippen LogP contribution is -2.16. The fourth-order valence-electron chi connectivity index (χ4n) is 6.36. The average Bonchev–Trinajstić information content (AvgIpc) is 3.62. The van der Waals surface area contributed by atoms with Crippen molar-refractivity contribution in [3.8, 4) is 23.0 Å². The Morgan fingerprint density at radius 2 is 1.87 bits per heavy atom. The molecule has 6 aromatic rings. The van der Waals surface area contributed by atoms with Gasteiger partial charge in [0.1, 0.15) is 11.3 Å². The van der Waals surface area contributed by atoms with Gasteiger partial charge >= 0.3 is 6.08 Å². The van der Waals surface area contributed by atoms with Gasteiger partial charge in [-0.05, 0) is 65.4 Å². The molecule has 7 nitrogen and oxygen atoms in total. The maximum absolute atomic E-state index is 13.2. The van der Waals surface area contributed by atoms with E-state index in [1.54, 1.807) is 0 Å². The molecule has 4 aromatic carbocycles. The highest BCUT2D eigenvalue weighted by Gasteiger charge is 2.34. The smallest absolute Gasteiger partial charge is 0.400 e. The monoisotopic (exact) mass is 501 g/mol. The van der Waals surface area contributed by atoms with E-state index in [0.717, 1.165) is 68.0 Å². The molecule has 8 rings (SSSR count). The van der Waals surface area contributed by atoms with Gasteiger partial charge in [-0.15, -0.1) is 0 Å². The number of aromatic nitrogens is 2. The normalized spacial score (nSPS) is 14.1. The van der Waals surface area contributed by atoms with Crippen molar-refractivity contribution in [2.75, 3.05) is 6.61 Å². The van der Waals surface area contributed by atoms with Crippen LogP contribution >= 0.6 is 0 Å². The van der Waals surface area contributed by atoms with E-state index < -0.39 is 0 Å². The minimum Gasteiger partial charge on any atom is -0.411 e. The van der Waals surface area contributed by atoms with Gasteiger partial charge < -0.3 is 24.1 Å². The van der Waals surface area contributed by atoms with E-state index >= 15 is 0 Å². The van der Waals surface area contributed by atoms with E-state index in [2.05, 4.69) is 27.0 Å². The lowest BCUT2D eigenvalue weighted by atomic mass is 9.80. The van der Waals surface area contributed by atoms with Crippen LogP contribution in [-0.2, 0) is 25.9 Å².